The summed E-state index contributed by atoms with van der Waals surface area (Å²) >= 11 is 0. The van der Waals surface area contributed by atoms with Crippen molar-refractivity contribution in [2.75, 3.05) is 4.90 Å². The molecule has 0 bridgehead atoms. The molecule has 0 saturated heterocycles. The maximum Gasteiger partial charge on any atom is 0.0625 e. The van der Waals surface area contributed by atoms with Crippen molar-refractivity contribution in [2.45, 2.75) is 0 Å². The lowest BCUT2D eigenvalue weighted by Gasteiger charge is -2.26. The number of rotatable bonds is 7. The summed E-state index contributed by atoms with van der Waals surface area (Å²) in [6.07, 6.45) is 0. The Morgan fingerprint density at radius 3 is 1.63 bits per heavy atom. The number of hydrogen-bond acceptors (Lipinski definition) is 1. The summed E-state index contributed by atoms with van der Waals surface area (Å²) in [5, 5.41) is 4.97. The number of hydrogen-bond donors (Lipinski definition) is 0. The highest BCUT2D eigenvalue weighted by atomic mass is 15.1. The van der Waals surface area contributed by atoms with Crippen LogP contribution in [-0.2, 0) is 0 Å². The molecule has 0 aliphatic heterocycles. The number of aromatic nitrogens is 1. The third kappa shape index (κ3) is 5.53. The van der Waals surface area contributed by atoms with Gasteiger partial charge in [-0.05, 0) is 105 Å². The quantitative estimate of drug-likeness (QED) is 0.162. The van der Waals surface area contributed by atoms with E-state index in [1.54, 1.807) is 0 Å². The van der Waals surface area contributed by atoms with Gasteiger partial charge in [-0.2, -0.15) is 0 Å². The zero-order valence-electron chi connectivity index (χ0n) is 29.7. The molecule has 0 unspecified atom stereocenters. The second-order valence-electron chi connectivity index (χ2n) is 13.8. The van der Waals surface area contributed by atoms with Crippen LogP contribution < -0.4 is 4.90 Å². The average Bonchev–Trinajstić information content (AvgIpc) is 3.61. The van der Waals surface area contributed by atoms with Crippen LogP contribution in [0.25, 0.3) is 71.6 Å². The van der Waals surface area contributed by atoms with E-state index in [1.165, 1.54) is 66.0 Å². The molecule has 2 heteroatoms. The molecule has 10 aromatic rings. The van der Waals surface area contributed by atoms with Crippen molar-refractivity contribution in [3.8, 4) is 39.1 Å². The summed E-state index contributed by atoms with van der Waals surface area (Å²) in [4.78, 5) is 2.36. The summed E-state index contributed by atoms with van der Waals surface area (Å²) in [5.41, 5.74) is 14.1. The van der Waals surface area contributed by atoms with E-state index < -0.39 is 0 Å². The molecule has 0 saturated carbocycles. The molecule has 0 aliphatic carbocycles. The van der Waals surface area contributed by atoms with E-state index in [0.29, 0.717) is 0 Å². The highest BCUT2D eigenvalue weighted by Gasteiger charge is 2.20. The first-order valence-electron chi connectivity index (χ1n) is 18.5. The fourth-order valence-corrected chi connectivity index (χ4v) is 8.06. The summed E-state index contributed by atoms with van der Waals surface area (Å²) in [7, 11) is 0. The first kappa shape index (κ1) is 31.6. The molecule has 54 heavy (non-hydrogen) atoms. The fourth-order valence-electron chi connectivity index (χ4n) is 8.06. The monoisotopic (exact) mass is 688 g/mol. The Balaban J connectivity index is 1.13. The van der Waals surface area contributed by atoms with Crippen LogP contribution in [0, 0.1) is 0 Å². The average molecular weight is 689 g/mol. The SMILES string of the molecule is c1ccc(-c2cccc(-c3ccc(N(c4ccccc4)c4cccc(-c5cc6ccccc6c6c5c5ccccc5n6-c5ccccc5)c4)cc3)c2)cc1. The summed E-state index contributed by atoms with van der Waals surface area (Å²) < 4.78 is 2.44. The van der Waals surface area contributed by atoms with E-state index in [-0.39, 0.29) is 0 Å². The minimum atomic E-state index is 1.10. The number of nitrogens with zero attached hydrogens (tertiary/aromatic N) is 2. The molecule has 0 spiro atoms. The van der Waals surface area contributed by atoms with E-state index in [4.69, 9.17) is 0 Å². The lowest BCUT2D eigenvalue weighted by Crippen LogP contribution is -2.09. The van der Waals surface area contributed by atoms with Gasteiger partial charge in [0.2, 0.25) is 0 Å². The van der Waals surface area contributed by atoms with Crippen molar-refractivity contribution in [1.82, 2.24) is 4.57 Å². The highest BCUT2D eigenvalue weighted by Crippen LogP contribution is 2.44. The Bertz CT molecular complexity index is 2910. The van der Waals surface area contributed by atoms with Gasteiger partial charge in [-0.3, -0.25) is 0 Å². The van der Waals surface area contributed by atoms with Gasteiger partial charge in [-0.25, -0.2) is 0 Å². The molecule has 0 radical (unpaired) electrons. The van der Waals surface area contributed by atoms with Gasteiger partial charge in [0, 0.05) is 38.9 Å². The van der Waals surface area contributed by atoms with Crippen LogP contribution in [0.3, 0.4) is 0 Å². The second-order valence-corrected chi connectivity index (χ2v) is 13.8. The third-order valence-corrected chi connectivity index (χ3v) is 10.5. The molecule has 1 heterocycles. The van der Waals surface area contributed by atoms with Crippen LogP contribution in [0.4, 0.5) is 17.1 Å². The largest absolute Gasteiger partial charge is 0.310 e. The van der Waals surface area contributed by atoms with Gasteiger partial charge < -0.3 is 9.47 Å². The minimum Gasteiger partial charge on any atom is -0.310 e. The van der Waals surface area contributed by atoms with Crippen molar-refractivity contribution in [3.63, 3.8) is 0 Å². The van der Waals surface area contributed by atoms with Gasteiger partial charge in [0.15, 0.2) is 0 Å². The highest BCUT2D eigenvalue weighted by molar-refractivity contribution is 6.24. The molecule has 1 aromatic heterocycles. The molecule has 9 aromatic carbocycles. The molecule has 0 N–H and O–H groups in total. The molecule has 2 nitrogen and oxygen atoms in total. The van der Waals surface area contributed by atoms with Crippen molar-refractivity contribution < 1.29 is 0 Å². The van der Waals surface area contributed by atoms with Crippen LogP contribution in [0.2, 0.25) is 0 Å². The molecule has 254 valence electrons. The number of para-hydroxylation sites is 3. The molecular weight excluding hydrogens is 653 g/mol. The van der Waals surface area contributed by atoms with Gasteiger partial charge in [0.05, 0.1) is 11.0 Å². The summed E-state index contributed by atoms with van der Waals surface area (Å²) in [6, 6.07) is 78.8. The summed E-state index contributed by atoms with van der Waals surface area (Å²) in [6.45, 7) is 0. The van der Waals surface area contributed by atoms with E-state index in [0.717, 1.165) is 22.7 Å². The second kappa shape index (κ2) is 13.4. The first-order valence-corrected chi connectivity index (χ1v) is 18.5. The number of benzene rings is 9. The molecule has 0 amide bonds. The van der Waals surface area contributed by atoms with E-state index >= 15 is 0 Å². The Hall–Kier alpha value is -7.16. The van der Waals surface area contributed by atoms with Crippen molar-refractivity contribution in [3.05, 3.63) is 218 Å². The Labute approximate surface area is 315 Å². The van der Waals surface area contributed by atoms with Gasteiger partial charge in [-0.15, -0.1) is 0 Å². The molecular formula is C52H36N2. The number of fused-ring (bicyclic) bond motifs is 5. The lowest BCUT2D eigenvalue weighted by molar-refractivity contribution is 1.19. The zero-order chi connectivity index (χ0) is 35.8. The molecule has 10 rings (SSSR count). The third-order valence-electron chi connectivity index (χ3n) is 10.5. The molecule has 0 aliphatic rings. The van der Waals surface area contributed by atoms with Crippen LogP contribution in [0.1, 0.15) is 0 Å². The first-order chi connectivity index (χ1) is 26.8. The van der Waals surface area contributed by atoms with Crippen LogP contribution in [-0.4, -0.2) is 4.57 Å². The van der Waals surface area contributed by atoms with Crippen molar-refractivity contribution in [1.29, 1.82) is 0 Å². The number of anilines is 3. The molecule has 0 atom stereocenters. The topological polar surface area (TPSA) is 8.17 Å². The van der Waals surface area contributed by atoms with Gasteiger partial charge in [-0.1, -0.05) is 152 Å². The Morgan fingerprint density at radius 1 is 0.333 bits per heavy atom. The standard InChI is InChI=1S/C52H36N2/c1-4-16-37(17-5-1)39-19-14-20-40(34-39)38-30-32-45(33-31-38)53(43-22-6-2-7-23-43)46-26-15-21-41(35-46)49-36-42-18-10-11-27-47(42)52-51(49)48-28-12-13-29-50(48)54(52)44-24-8-3-9-25-44/h1-36H. The van der Waals surface area contributed by atoms with Crippen molar-refractivity contribution >= 4 is 49.6 Å². The fraction of sp³-hybridized carbons (Fsp3) is 0. The van der Waals surface area contributed by atoms with Crippen LogP contribution in [0.15, 0.2) is 218 Å². The normalized spacial score (nSPS) is 11.3. The predicted molar refractivity (Wildman–Crippen MR) is 229 cm³/mol. The van der Waals surface area contributed by atoms with Crippen LogP contribution in [0.5, 0.6) is 0 Å². The van der Waals surface area contributed by atoms with Gasteiger partial charge >= 0.3 is 0 Å². The maximum absolute atomic E-state index is 2.44. The van der Waals surface area contributed by atoms with E-state index in [9.17, 15) is 0 Å². The van der Waals surface area contributed by atoms with Crippen LogP contribution >= 0.6 is 0 Å². The lowest BCUT2D eigenvalue weighted by atomic mass is 9.94. The van der Waals surface area contributed by atoms with Crippen molar-refractivity contribution in [2.24, 2.45) is 0 Å². The molecule has 0 fully saturated rings. The maximum atomic E-state index is 2.44. The van der Waals surface area contributed by atoms with E-state index in [2.05, 4.69) is 228 Å². The predicted octanol–water partition coefficient (Wildman–Crippen LogP) is 14.4. The van der Waals surface area contributed by atoms with Gasteiger partial charge in [0.1, 0.15) is 0 Å². The Kier molecular flexibility index (Phi) is 7.85. The smallest absolute Gasteiger partial charge is 0.0625 e. The Morgan fingerprint density at radius 2 is 0.870 bits per heavy atom. The summed E-state index contributed by atoms with van der Waals surface area (Å²) in [5.74, 6) is 0. The zero-order valence-corrected chi connectivity index (χ0v) is 29.7. The van der Waals surface area contributed by atoms with E-state index in [1.807, 2.05) is 0 Å². The van der Waals surface area contributed by atoms with Gasteiger partial charge in [0.25, 0.3) is 0 Å². The minimum absolute atomic E-state index is 1.10.